The van der Waals surface area contributed by atoms with Crippen molar-refractivity contribution in [2.45, 2.75) is 31.4 Å². The van der Waals surface area contributed by atoms with E-state index in [2.05, 4.69) is 5.32 Å². The number of nitrogens with one attached hydrogen (secondary N) is 1. The molecule has 1 aromatic rings. The Hall–Kier alpha value is -0.860. The Labute approximate surface area is 85.0 Å². The van der Waals surface area contributed by atoms with Gasteiger partial charge in [0, 0.05) is 6.04 Å². The van der Waals surface area contributed by atoms with Crippen LogP contribution < -0.4 is 5.32 Å². The molecule has 0 aliphatic carbocycles. The van der Waals surface area contributed by atoms with Gasteiger partial charge in [-0.2, -0.15) is 0 Å². The molecule has 0 saturated carbocycles. The third-order valence-electron chi connectivity index (χ3n) is 3.18. The van der Waals surface area contributed by atoms with E-state index >= 15 is 0 Å². The molecule has 0 aromatic heterocycles. The van der Waals surface area contributed by atoms with Gasteiger partial charge in [0.05, 0.1) is 0 Å². The Balaban J connectivity index is 2.30. The van der Waals surface area contributed by atoms with E-state index in [-0.39, 0.29) is 6.04 Å². The zero-order valence-corrected chi connectivity index (χ0v) is 8.53. The van der Waals surface area contributed by atoms with Crippen molar-refractivity contribution in [1.82, 2.24) is 5.32 Å². The standard InChI is InChI=1S/C12H17NO/c1-10-12(14,8-5-9-13-10)11-6-3-2-4-7-11/h2-4,6-7,10,13-14H,5,8-9H2,1H3. The Morgan fingerprint density at radius 3 is 2.71 bits per heavy atom. The van der Waals surface area contributed by atoms with Gasteiger partial charge in [0.15, 0.2) is 0 Å². The van der Waals surface area contributed by atoms with Crippen molar-refractivity contribution in [3.63, 3.8) is 0 Å². The molecule has 1 saturated heterocycles. The third kappa shape index (κ3) is 1.56. The van der Waals surface area contributed by atoms with E-state index in [1.54, 1.807) is 0 Å². The van der Waals surface area contributed by atoms with Crippen LogP contribution >= 0.6 is 0 Å². The van der Waals surface area contributed by atoms with Crippen LogP contribution in [-0.2, 0) is 5.60 Å². The van der Waals surface area contributed by atoms with Gasteiger partial charge in [-0.25, -0.2) is 0 Å². The summed E-state index contributed by atoms with van der Waals surface area (Å²) in [4.78, 5) is 0. The highest BCUT2D eigenvalue weighted by Crippen LogP contribution is 2.32. The molecule has 0 radical (unpaired) electrons. The average molecular weight is 191 g/mol. The molecule has 2 rings (SSSR count). The number of benzene rings is 1. The highest BCUT2D eigenvalue weighted by Gasteiger charge is 2.37. The fourth-order valence-corrected chi connectivity index (χ4v) is 2.18. The van der Waals surface area contributed by atoms with Crippen LogP contribution in [0.2, 0.25) is 0 Å². The summed E-state index contributed by atoms with van der Waals surface area (Å²) in [6, 6.07) is 10.1. The molecule has 0 amide bonds. The minimum Gasteiger partial charge on any atom is -0.384 e. The molecule has 2 unspecified atom stereocenters. The Kier molecular flexibility index (Phi) is 2.57. The predicted molar refractivity (Wildman–Crippen MR) is 57.0 cm³/mol. The Morgan fingerprint density at radius 2 is 2.07 bits per heavy atom. The van der Waals surface area contributed by atoms with Crippen LogP contribution in [0.3, 0.4) is 0 Å². The van der Waals surface area contributed by atoms with Crippen LogP contribution in [-0.4, -0.2) is 17.7 Å². The lowest BCUT2D eigenvalue weighted by atomic mass is 9.81. The third-order valence-corrected chi connectivity index (χ3v) is 3.18. The van der Waals surface area contributed by atoms with Crippen molar-refractivity contribution in [2.75, 3.05) is 6.54 Å². The zero-order chi connectivity index (χ0) is 10.0. The van der Waals surface area contributed by atoms with E-state index in [9.17, 15) is 5.11 Å². The van der Waals surface area contributed by atoms with Crippen LogP contribution in [0.25, 0.3) is 0 Å². The molecule has 2 nitrogen and oxygen atoms in total. The quantitative estimate of drug-likeness (QED) is 0.707. The molecular formula is C12H17NO. The highest BCUT2D eigenvalue weighted by molar-refractivity contribution is 5.24. The molecule has 2 atom stereocenters. The molecule has 1 aromatic carbocycles. The Morgan fingerprint density at radius 1 is 1.36 bits per heavy atom. The zero-order valence-electron chi connectivity index (χ0n) is 8.53. The SMILES string of the molecule is CC1NCCCC1(O)c1ccccc1. The van der Waals surface area contributed by atoms with E-state index in [4.69, 9.17) is 0 Å². The minimum absolute atomic E-state index is 0.138. The van der Waals surface area contributed by atoms with Crippen LogP contribution in [0, 0.1) is 0 Å². The second kappa shape index (κ2) is 3.71. The molecule has 1 heterocycles. The normalized spacial score (nSPS) is 32.9. The number of piperidine rings is 1. The maximum absolute atomic E-state index is 10.5. The molecule has 2 heteroatoms. The first-order valence-electron chi connectivity index (χ1n) is 5.25. The lowest BCUT2D eigenvalue weighted by molar-refractivity contribution is -0.0226. The first-order valence-corrected chi connectivity index (χ1v) is 5.25. The number of hydrogen-bond acceptors (Lipinski definition) is 2. The van der Waals surface area contributed by atoms with Gasteiger partial charge in [-0.05, 0) is 31.9 Å². The van der Waals surface area contributed by atoms with Crippen LogP contribution in [0.5, 0.6) is 0 Å². The van der Waals surface area contributed by atoms with Crippen LogP contribution in [0.4, 0.5) is 0 Å². The molecule has 76 valence electrons. The first kappa shape index (κ1) is 9.69. The fourth-order valence-electron chi connectivity index (χ4n) is 2.18. The van der Waals surface area contributed by atoms with Gasteiger partial charge >= 0.3 is 0 Å². The maximum atomic E-state index is 10.5. The molecule has 14 heavy (non-hydrogen) atoms. The lowest BCUT2D eigenvalue weighted by Crippen LogP contribution is -2.50. The second-order valence-corrected chi connectivity index (χ2v) is 4.07. The summed E-state index contributed by atoms with van der Waals surface area (Å²) in [6.45, 7) is 3.06. The van der Waals surface area contributed by atoms with Gasteiger partial charge in [-0.1, -0.05) is 30.3 Å². The van der Waals surface area contributed by atoms with E-state index in [1.807, 2.05) is 37.3 Å². The largest absolute Gasteiger partial charge is 0.384 e. The van der Waals surface area contributed by atoms with E-state index < -0.39 is 5.60 Å². The molecule has 0 bridgehead atoms. The van der Waals surface area contributed by atoms with Gasteiger partial charge in [-0.15, -0.1) is 0 Å². The molecular weight excluding hydrogens is 174 g/mol. The molecule has 1 aliphatic heterocycles. The highest BCUT2D eigenvalue weighted by atomic mass is 16.3. The lowest BCUT2D eigenvalue weighted by Gasteiger charge is -2.39. The smallest absolute Gasteiger partial charge is 0.105 e. The van der Waals surface area contributed by atoms with Crippen molar-refractivity contribution >= 4 is 0 Å². The van der Waals surface area contributed by atoms with Crippen molar-refractivity contribution < 1.29 is 5.11 Å². The fraction of sp³-hybridized carbons (Fsp3) is 0.500. The number of aliphatic hydroxyl groups is 1. The van der Waals surface area contributed by atoms with Gasteiger partial charge in [-0.3, -0.25) is 0 Å². The van der Waals surface area contributed by atoms with Crippen LogP contribution in [0.1, 0.15) is 25.3 Å². The topological polar surface area (TPSA) is 32.3 Å². The van der Waals surface area contributed by atoms with Crippen molar-refractivity contribution in [2.24, 2.45) is 0 Å². The molecule has 1 aliphatic rings. The first-order chi connectivity index (χ1) is 6.73. The number of rotatable bonds is 1. The minimum atomic E-state index is -0.681. The van der Waals surface area contributed by atoms with Gasteiger partial charge in [0.2, 0.25) is 0 Å². The van der Waals surface area contributed by atoms with Gasteiger partial charge in [0.25, 0.3) is 0 Å². The van der Waals surface area contributed by atoms with Crippen molar-refractivity contribution in [3.05, 3.63) is 35.9 Å². The Bertz CT molecular complexity index is 298. The summed E-state index contributed by atoms with van der Waals surface area (Å²) in [5, 5.41) is 13.9. The summed E-state index contributed by atoms with van der Waals surface area (Å²) < 4.78 is 0. The van der Waals surface area contributed by atoms with E-state index in [1.165, 1.54) is 0 Å². The molecule has 1 fully saturated rings. The summed E-state index contributed by atoms with van der Waals surface area (Å²) >= 11 is 0. The van der Waals surface area contributed by atoms with Gasteiger partial charge < -0.3 is 10.4 Å². The number of hydrogen-bond donors (Lipinski definition) is 2. The van der Waals surface area contributed by atoms with Crippen molar-refractivity contribution in [3.8, 4) is 0 Å². The maximum Gasteiger partial charge on any atom is 0.105 e. The van der Waals surface area contributed by atoms with Gasteiger partial charge in [0.1, 0.15) is 5.60 Å². The predicted octanol–water partition coefficient (Wildman–Crippen LogP) is 1.65. The van der Waals surface area contributed by atoms with E-state index in [0.717, 1.165) is 24.9 Å². The molecule has 2 N–H and O–H groups in total. The van der Waals surface area contributed by atoms with Crippen LogP contribution in [0.15, 0.2) is 30.3 Å². The summed E-state index contributed by atoms with van der Waals surface area (Å²) in [5.41, 5.74) is 0.346. The summed E-state index contributed by atoms with van der Waals surface area (Å²) in [6.07, 6.45) is 1.89. The second-order valence-electron chi connectivity index (χ2n) is 4.07. The summed E-state index contributed by atoms with van der Waals surface area (Å²) in [5.74, 6) is 0. The molecule has 0 spiro atoms. The summed E-state index contributed by atoms with van der Waals surface area (Å²) in [7, 11) is 0. The average Bonchev–Trinajstić information content (AvgIpc) is 2.24. The van der Waals surface area contributed by atoms with E-state index in [0.29, 0.717) is 0 Å². The monoisotopic (exact) mass is 191 g/mol. The van der Waals surface area contributed by atoms with Crippen molar-refractivity contribution in [1.29, 1.82) is 0 Å².